The molecular weight excluding hydrogens is 468 g/mol. The molecule has 1 amide bonds. The number of likely N-dealkylation sites (tertiary alicyclic amines) is 1. The summed E-state index contributed by atoms with van der Waals surface area (Å²) in [5.74, 6) is 0.674. The Labute approximate surface area is 199 Å². The van der Waals surface area contributed by atoms with Crippen molar-refractivity contribution in [2.24, 2.45) is 0 Å². The Bertz CT molecular complexity index is 967. The number of hydrogen-bond acceptors (Lipinski definition) is 4. The minimum Gasteiger partial charge on any atom is -0.446 e. The second-order valence-electron chi connectivity index (χ2n) is 11.0. The molecular formula is C26H33BrN2O3. The molecule has 1 atom stereocenters. The smallest absolute Gasteiger partial charge is 0.410 e. The lowest BCUT2D eigenvalue weighted by Crippen LogP contribution is -2.46. The Hall–Kier alpha value is -1.82. The highest BCUT2D eigenvalue weighted by Crippen LogP contribution is 2.58. The maximum atomic E-state index is 12.7. The molecule has 3 saturated carbocycles. The quantitative estimate of drug-likeness (QED) is 0.452. The van der Waals surface area contributed by atoms with E-state index >= 15 is 0 Å². The van der Waals surface area contributed by atoms with E-state index in [2.05, 4.69) is 40.2 Å². The average molecular weight is 501 g/mol. The maximum Gasteiger partial charge on any atom is 0.410 e. The zero-order valence-corrected chi connectivity index (χ0v) is 20.9. The Morgan fingerprint density at radius 1 is 1.09 bits per heavy atom. The first-order chi connectivity index (χ1) is 15.2. The topological polar surface area (TPSA) is 55.6 Å². The second-order valence-corrected chi connectivity index (χ2v) is 11.9. The van der Waals surface area contributed by atoms with Gasteiger partial charge in [-0.2, -0.15) is 0 Å². The van der Waals surface area contributed by atoms with Gasteiger partial charge in [0.1, 0.15) is 17.9 Å². The molecule has 5 nitrogen and oxygen atoms in total. The molecule has 32 heavy (non-hydrogen) atoms. The normalized spacial score (nSPS) is 30.0. The van der Waals surface area contributed by atoms with Crippen LogP contribution in [0.25, 0.3) is 0 Å². The third kappa shape index (κ3) is 3.89. The molecule has 4 aliphatic rings. The summed E-state index contributed by atoms with van der Waals surface area (Å²) in [7, 11) is 0. The van der Waals surface area contributed by atoms with Gasteiger partial charge < -0.3 is 9.15 Å². The van der Waals surface area contributed by atoms with Crippen LogP contribution in [0.15, 0.2) is 39.4 Å². The molecule has 0 N–H and O–H groups in total. The van der Waals surface area contributed by atoms with E-state index in [4.69, 9.17) is 14.1 Å². The molecule has 2 bridgehead atoms. The van der Waals surface area contributed by atoms with Crippen molar-refractivity contribution in [3.8, 4) is 0 Å². The fourth-order valence-corrected chi connectivity index (χ4v) is 6.32. The molecule has 1 aromatic carbocycles. The largest absolute Gasteiger partial charge is 0.446 e. The van der Waals surface area contributed by atoms with Crippen LogP contribution in [0.5, 0.6) is 0 Å². The van der Waals surface area contributed by atoms with Crippen molar-refractivity contribution in [1.82, 2.24) is 9.88 Å². The van der Waals surface area contributed by atoms with Crippen LogP contribution < -0.4 is 0 Å². The molecule has 2 heterocycles. The first kappa shape index (κ1) is 22.0. The van der Waals surface area contributed by atoms with Crippen LogP contribution in [0.1, 0.15) is 95.3 Å². The fourth-order valence-electron chi connectivity index (χ4n) is 6.05. The number of oxazole rings is 1. The van der Waals surface area contributed by atoms with Gasteiger partial charge in [0.25, 0.3) is 0 Å². The minimum absolute atomic E-state index is 0.119. The Kier molecular flexibility index (Phi) is 5.43. The van der Waals surface area contributed by atoms with Gasteiger partial charge in [-0.15, -0.1) is 0 Å². The molecule has 1 saturated heterocycles. The highest BCUT2D eigenvalue weighted by molar-refractivity contribution is 9.10. The number of ether oxygens (including phenoxy) is 1. The van der Waals surface area contributed by atoms with E-state index in [-0.39, 0.29) is 17.6 Å². The SMILES string of the molecule is CC(C)(C)OC(=O)N1CCC[C@H]1c1nc(C23CCC(c4ccc(Br)cc4)(CC2)CC3)co1. The van der Waals surface area contributed by atoms with Crippen molar-refractivity contribution >= 4 is 22.0 Å². The maximum absolute atomic E-state index is 12.7. The fraction of sp³-hybridized carbons (Fsp3) is 0.615. The number of halogens is 1. The molecule has 6 heteroatoms. The van der Waals surface area contributed by atoms with E-state index < -0.39 is 5.60 Å². The van der Waals surface area contributed by atoms with Crippen molar-refractivity contribution in [2.45, 2.75) is 94.6 Å². The molecule has 6 rings (SSSR count). The van der Waals surface area contributed by atoms with Crippen molar-refractivity contribution in [2.75, 3.05) is 6.54 Å². The Balaban J connectivity index is 1.32. The number of fused-ring (bicyclic) bond motifs is 3. The van der Waals surface area contributed by atoms with E-state index in [1.165, 1.54) is 24.8 Å². The predicted molar refractivity (Wildman–Crippen MR) is 127 cm³/mol. The Morgan fingerprint density at radius 3 is 2.34 bits per heavy atom. The standard InChI is InChI=1S/C26H33BrN2O3/c1-24(2,3)32-23(30)29-16-4-5-20(29)22-28-21(17-31-22)26-13-10-25(11-14-26,12-15-26)18-6-8-19(27)9-7-18/h6-9,17,20H,4-5,10-16H2,1-3H3/t20-,25?,26?/m0/s1. The third-order valence-electron chi connectivity index (χ3n) is 7.93. The van der Waals surface area contributed by atoms with Gasteiger partial charge in [-0.25, -0.2) is 9.78 Å². The van der Waals surface area contributed by atoms with Gasteiger partial charge in [-0.3, -0.25) is 4.90 Å². The zero-order valence-electron chi connectivity index (χ0n) is 19.3. The molecule has 2 aromatic rings. The lowest BCUT2D eigenvalue weighted by molar-refractivity contribution is 0.0204. The molecule has 4 fully saturated rings. The number of benzene rings is 1. The van der Waals surface area contributed by atoms with Crippen LogP contribution in [-0.4, -0.2) is 28.1 Å². The third-order valence-corrected chi connectivity index (χ3v) is 8.46. The molecule has 3 aliphatic carbocycles. The molecule has 1 aromatic heterocycles. The monoisotopic (exact) mass is 500 g/mol. The van der Waals surface area contributed by atoms with E-state index in [0.717, 1.165) is 42.3 Å². The molecule has 0 radical (unpaired) electrons. The first-order valence-electron chi connectivity index (χ1n) is 11.9. The van der Waals surface area contributed by atoms with Crippen LogP contribution in [-0.2, 0) is 15.6 Å². The van der Waals surface area contributed by atoms with E-state index in [1.807, 2.05) is 27.0 Å². The summed E-state index contributed by atoms with van der Waals surface area (Å²) in [5, 5.41) is 0. The van der Waals surface area contributed by atoms with Gasteiger partial charge in [-0.05, 0) is 95.2 Å². The average Bonchev–Trinajstić information content (AvgIpc) is 3.44. The predicted octanol–water partition coefficient (Wildman–Crippen LogP) is 7.05. The highest BCUT2D eigenvalue weighted by Gasteiger charge is 2.51. The first-order valence-corrected chi connectivity index (χ1v) is 12.7. The van der Waals surface area contributed by atoms with Crippen molar-refractivity contribution in [3.63, 3.8) is 0 Å². The van der Waals surface area contributed by atoms with Crippen LogP contribution in [0.4, 0.5) is 4.79 Å². The van der Waals surface area contributed by atoms with Gasteiger partial charge in [0.15, 0.2) is 0 Å². The summed E-state index contributed by atoms with van der Waals surface area (Å²) in [5.41, 5.74) is 2.50. The van der Waals surface area contributed by atoms with Crippen LogP contribution in [0.2, 0.25) is 0 Å². The van der Waals surface area contributed by atoms with E-state index in [9.17, 15) is 4.79 Å². The summed E-state index contributed by atoms with van der Waals surface area (Å²) in [6.07, 6.45) is 10.5. The van der Waals surface area contributed by atoms with Crippen molar-refractivity contribution in [3.05, 3.63) is 52.1 Å². The number of rotatable bonds is 3. The van der Waals surface area contributed by atoms with E-state index in [0.29, 0.717) is 17.9 Å². The van der Waals surface area contributed by atoms with Crippen LogP contribution in [0, 0.1) is 0 Å². The van der Waals surface area contributed by atoms with Crippen LogP contribution >= 0.6 is 15.9 Å². The number of aromatic nitrogens is 1. The second kappa shape index (κ2) is 7.89. The summed E-state index contributed by atoms with van der Waals surface area (Å²) in [6, 6.07) is 8.80. The lowest BCUT2D eigenvalue weighted by Gasteiger charge is -2.53. The summed E-state index contributed by atoms with van der Waals surface area (Å²) >= 11 is 3.56. The number of carbonyl (C=O) groups excluding carboxylic acids is 1. The number of carbonyl (C=O) groups is 1. The highest BCUT2D eigenvalue weighted by atomic mass is 79.9. The van der Waals surface area contributed by atoms with Crippen molar-refractivity contribution < 1.29 is 13.9 Å². The number of nitrogens with zero attached hydrogens (tertiary/aromatic N) is 2. The summed E-state index contributed by atoms with van der Waals surface area (Å²) < 4.78 is 12.8. The van der Waals surface area contributed by atoms with Gasteiger partial charge in [0, 0.05) is 16.4 Å². The van der Waals surface area contributed by atoms with Gasteiger partial charge in [-0.1, -0.05) is 28.1 Å². The molecule has 1 aliphatic heterocycles. The minimum atomic E-state index is -0.504. The number of hydrogen-bond donors (Lipinski definition) is 0. The molecule has 0 spiro atoms. The van der Waals surface area contributed by atoms with Gasteiger partial charge >= 0.3 is 6.09 Å². The molecule has 0 unspecified atom stereocenters. The zero-order chi connectivity index (χ0) is 22.6. The van der Waals surface area contributed by atoms with Crippen molar-refractivity contribution in [1.29, 1.82) is 0 Å². The molecule has 172 valence electrons. The van der Waals surface area contributed by atoms with E-state index in [1.54, 1.807) is 4.90 Å². The summed E-state index contributed by atoms with van der Waals surface area (Å²) in [4.78, 5) is 19.5. The summed E-state index contributed by atoms with van der Waals surface area (Å²) in [6.45, 7) is 6.40. The van der Waals surface area contributed by atoms with Gasteiger partial charge in [0.05, 0.1) is 5.69 Å². The van der Waals surface area contributed by atoms with Crippen LogP contribution in [0.3, 0.4) is 0 Å². The Morgan fingerprint density at radius 2 is 1.72 bits per heavy atom. The van der Waals surface area contributed by atoms with Gasteiger partial charge in [0.2, 0.25) is 5.89 Å². The number of amides is 1. The lowest BCUT2D eigenvalue weighted by atomic mass is 9.51.